The Hall–Kier alpha value is -1.30. The summed E-state index contributed by atoms with van der Waals surface area (Å²) in [4.78, 5) is 4.25. The summed E-state index contributed by atoms with van der Waals surface area (Å²) in [5, 5.41) is 10.2. The first-order valence-electron chi connectivity index (χ1n) is 6.76. The second kappa shape index (κ2) is 6.75. The van der Waals surface area contributed by atoms with Crippen LogP contribution in [0.4, 0.5) is 5.69 Å². The van der Waals surface area contributed by atoms with Crippen molar-refractivity contribution in [3.63, 3.8) is 0 Å². The molecule has 0 aliphatic carbocycles. The Bertz CT molecular complexity index is 400. The molecule has 5 nitrogen and oxygen atoms in total. The van der Waals surface area contributed by atoms with Crippen LogP contribution in [-0.2, 0) is 0 Å². The number of hydrogen-bond donors (Lipinski definition) is 2. The van der Waals surface area contributed by atoms with Gasteiger partial charge in [0.15, 0.2) is 0 Å². The van der Waals surface area contributed by atoms with Gasteiger partial charge in [-0.3, -0.25) is 4.90 Å². The molecular weight excluding hydrogens is 242 g/mol. The van der Waals surface area contributed by atoms with Crippen LogP contribution in [0, 0.1) is 0 Å². The van der Waals surface area contributed by atoms with Crippen LogP contribution < -0.4 is 15.4 Å². The topological polar surface area (TPSA) is 62.0 Å². The lowest BCUT2D eigenvalue weighted by molar-refractivity contribution is -0.00363. The van der Waals surface area contributed by atoms with Crippen LogP contribution in [0.5, 0.6) is 5.75 Å². The molecule has 0 saturated carbocycles. The zero-order valence-corrected chi connectivity index (χ0v) is 11.5. The number of nitrogens with two attached hydrogens (primary N) is 1. The number of piperazine rings is 1. The number of rotatable bonds is 5. The molecule has 1 saturated heterocycles. The first kappa shape index (κ1) is 14.1. The number of ether oxygens (including phenoxy) is 1. The monoisotopic (exact) mass is 265 g/mol. The molecule has 0 radical (unpaired) electrons. The predicted octanol–water partition coefficient (Wildman–Crippen LogP) is 0.484. The van der Waals surface area contributed by atoms with Gasteiger partial charge < -0.3 is 20.5 Å². The third kappa shape index (κ3) is 3.37. The van der Waals surface area contributed by atoms with E-state index >= 15 is 0 Å². The third-order valence-electron chi connectivity index (χ3n) is 3.54. The Morgan fingerprint density at radius 1 is 1.37 bits per heavy atom. The Morgan fingerprint density at radius 3 is 2.84 bits per heavy atom. The van der Waals surface area contributed by atoms with E-state index in [1.54, 1.807) is 7.11 Å². The lowest BCUT2D eigenvalue weighted by Gasteiger charge is -2.40. The van der Waals surface area contributed by atoms with E-state index in [0.717, 1.165) is 37.5 Å². The number of nitrogens with zero attached hydrogens (tertiary/aromatic N) is 2. The van der Waals surface area contributed by atoms with Crippen LogP contribution in [-0.4, -0.2) is 56.1 Å². The minimum Gasteiger partial charge on any atom is -0.495 e. The van der Waals surface area contributed by atoms with Crippen LogP contribution in [0.2, 0.25) is 0 Å². The molecule has 2 rings (SSSR count). The minimum atomic E-state index is -0.440. The molecule has 106 valence electrons. The van der Waals surface area contributed by atoms with Gasteiger partial charge in [-0.15, -0.1) is 0 Å². The second-order valence-corrected chi connectivity index (χ2v) is 4.78. The number of benzene rings is 1. The van der Waals surface area contributed by atoms with E-state index in [2.05, 4.69) is 9.80 Å². The summed E-state index contributed by atoms with van der Waals surface area (Å²) in [5.41, 5.74) is 6.56. The fourth-order valence-corrected chi connectivity index (χ4v) is 2.47. The Balaban J connectivity index is 2.01. The van der Waals surface area contributed by atoms with E-state index in [-0.39, 0.29) is 0 Å². The maximum absolute atomic E-state index is 10.2. The zero-order chi connectivity index (χ0) is 13.7. The van der Waals surface area contributed by atoms with Crippen LogP contribution in [0.25, 0.3) is 0 Å². The molecule has 1 atom stereocenters. The number of β-amino-alcohol motifs (C(OH)–C–C–N with tert-alkyl or cyclic N) is 1. The first-order valence-corrected chi connectivity index (χ1v) is 6.76. The third-order valence-corrected chi connectivity index (χ3v) is 3.54. The van der Waals surface area contributed by atoms with Crippen molar-refractivity contribution in [1.29, 1.82) is 0 Å². The second-order valence-electron chi connectivity index (χ2n) is 4.78. The van der Waals surface area contributed by atoms with Gasteiger partial charge in [0.25, 0.3) is 0 Å². The van der Waals surface area contributed by atoms with Crippen LogP contribution >= 0.6 is 0 Å². The lowest BCUT2D eigenvalue weighted by atomic mass is 10.2. The molecule has 1 heterocycles. The molecule has 19 heavy (non-hydrogen) atoms. The molecule has 0 aromatic heterocycles. The molecule has 1 aliphatic heterocycles. The number of hydrogen-bond acceptors (Lipinski definition) is 5. The summed E-state index contributed by atoms with van der Waals surface area (Å²) in [6.07, 6.45) is 0.483. The summed E-state index contributed by atoms with van der Waals surface area (Å²) >= 11 is 0. The van der Waals surface area contributed by atoms with Crippen molar-refractivity contribution in [2.75, 3.05) is 44.7 Å². The normalized spacial score (nSPS) is 20.6. The molecule has 3 N–H and O–H groups in total. The fraction of sp³-hybridized carbons (Fsp3) is 0.571. The molecule has 1 aromatic carbocycles. The molecule has 1 unspecified atom stereocenters. The van der Waals surface area contributed by atoms with Gasteiger partial charge in [-0.05, 0) is 25.1 Å². The van der Waals surface area contributed by atoms with E-state index in [1.165, 1.54) is 0 Å². The fourth-order valence-electron chi connectivity index (χ4n) is 2.47. The number of aliphatic hydroxyl groups is 1. The maximum Gasteiger partial charge on any atom is 0.142 e. The molecule has 1 fully saturated rings. The lowest BCUT2D eigenvalue weighted by Crippen LogP contribution is -2.53. The van der Waals surface area contributed by atoms with Crippen molar-refractivity contribution in [3.05, 3.63) is 24.3 Å². The van der Waals surface area contributed by atoms with Gasteiger partial charge in [0.1, 0.15) is 12.0 Å². The van der Waals surface area contributed by atoms with E-state index in [9.17, 15) is 5.11 Å². The Kier molecular flexibility index (Phi) is 5.01. The van der Waals surface area contributed by atoms with Gasteiger partial charge in [0.2, 0.25) is 0 Å². The first-order chi connectivity index (χ1) is 9.26. The quantitative estimate of drug-likeness (QED) is 0.811. The average molecular weight is 265 g/mol. The van der Waals surface area contributed by atoms with Gasteiger partial charge >= 0.3 is 0 Å². The van der Waals surface area contributed by atoms with E-state index in [0.29, 0.717) is 13.1 Å². The minimum absolute atomic E-state index is 0.440. The van der Waals surface area contributed by atoms with Gasteiger partial charge in [-0.1, -0.05) is 12.1 Å². The molecule has 0 bridgehead atoms. The number of para-hydroxylation sites is 2. The highest BCUT2D eigenvalue weighted by atomic mass is 16.5. The van der Waals surface area contributed by atoms with Crippen molar-refractivity contribution in [2.24, 2.45) is 5.73 Å². The predicted molar refractivity (Wildman–Crippen MR) is 76.5 cm³/mol. The molecule has 0 amide bonds. The van der Waals surface area contributed by atoms with Gasteiger partial charge in [0.05, 0.1) is 19.3 Å². The van der Waals surface area contributed by atoms with Crippen molar-refractivity contribution in [2.45, 2.75) is 12.6 Å². The van der Waals surface area contributed by atoms with Crippen molar-refractivity contribution in [1.82, 2.24) is 4.90 Å². The highest BCUT2D eigenvalue weighted by Gasteiger charge is 2.25. The largest absolute Gasteiger partial charge is 0.495 e. The number of aliphatic hydroxyl groups excluding tert-OH is 1. The summed E-state index contributed by atoms with van der Waals surface area (Å²) in [6.45, 7) is 3.86. The van der Waals surface area contributed by atoms with Gasteiger partial charge in [-0.25, -0.2) is 0 Å². The molecule has 5 heteroatoms. The zero-order valence-electron chi connectivity index (χ0n) is 11.5. The number of anilines is 1. The Morgan fingerprint density at radius 2 is 2.16 bits per heavy atom. The maximum atomic E-state index is 10.2. The molecule has 1 aliphatic rings. The van der Waals surface area contributed by atoms with Crippen molar-refractivity contribution in [3.8, 4) is 5.75 Å². The summed E-state index contributed by atoms with van der Waals surface area (Å²) < 4.78 is 5.37. The SMILES string of the molecule is COc1ccccc1N1CCN(CCCN)C(O)C1. The molecular formula is C14H23N3O2. The highest BCUT2D eigenvalue weighted by Crippen LogP contribution is 2.29. The van der Waals surface area contributed by atoms with Crippen LogP contribution in [0.3, 0.4) is 0 Å². The highest BCUT2D eigenvalue weighted by molar-refractivity contribution is 5.58. The van der Waals surface area contributed by atoms with Crippen LogP contribution in [0.1, 0.15) is 6.42 Å². The van der Waals surface area contributed by atoms with Gasteiger partial charge in [-0.2, -0.15) is 0 Å². The Labute approximate surface area is 114 Å². The average Bonchev–Trinajstić information content (AvgIpc) is 2.46. The summed E-state index contributed by atoms with van der Waals surface area (Å²) in [7, 11) is 1.67. The van der Waals surface area contributed by atoms with E-state index < -0.39 is 6.23 Å². The smallest absolute Gasteiger partial charge is 0.142 e. The van der Waals surface area contributed by atoms with Crippen LogP contribution in [0.15, 0.2) is 24.3 Å². The van der Waals surface area contributed by atoms with E-state index in [4.69, 9.17) is 10.5 Å². The standard InChI is InChI=1S/C14H23N3O2/c1-19-13-6-3-2-5-12(13)17-10-9-16(8-4-7-15)14(18)11-17/h2-3,5-6,14,18H,4,7-11,15H2,1H3. The summed E-state index contributed by atoms with van der Waals surface area (Å²) in [6, 6.07) is 7.92. The number of methoxy groups -OCH3 is 1. The van der Waals surface area contributed by atoms with E-state index in [1.807, 2.05) is 24.3 Å². The molecule has 0 spiro atoms. The summed E-state index contributed by atoms with van der Waals surface area (Å²) in [5.74, 6) is 0.852. The van der Waals surface area contributed by atoms with Crippen molar-refractivity contribution >= 4 is 5.69 Å². The van der Waals surface area contributed by atoms with Gasteiger partial charge in [0, 0.05) is 19.6 Å². The molecule has 1 aromatic rings. The van der Waals surface area contributed by atoms with Crippen molar-refractivity contribution < 1.29 is 9.84 Å².